The Morgan fingerprint density at radius 1 is 1.10 bits per heavy atom. The molecule has 1 aliphatic heterocycles. The molecule has 0 saturated carbocycles. The number of likely N-dealkylation sites (tertiary alicyclic amines) is 1. The lowest BCUT2D eigenvalue weighted by molar-refractivity contribution is -0.138. The standard InChI is InChI=1S/C17H19NO3/c1-10-8-13-14(17(20)18(2)16(13)19)9-12(10)11-6-4-5-7-15(11)21-3/h4-7,13-14H,8-9H2,1-3H3/t13-,14+/m0/s1. The fourth-order valence-corrected chi connectivity index (χ4v) is 3.49. The third-order valence-electron chi connectivity index (χ3n) is 4.68. The topological polar surface area (TPSA) is 46.6 Å². The van der Waals surface area contributed by atoms with Crippen LogP contribution in [-0.4, -0.2) is 30.9 Å². The maximum absolute atomic E-state index is 12.2. The summed E-state index contributed by atoms with van der Waals surface area (Å²) in [5, 5.41) is 0. The molecule has 1 saturated heterocycles. The summed E-state index contributed by atoms with van der Waals surface area (Å²) < 4.78 is 5.43. The van der Waals surface area contributed by atoms with E-state index in [9.17, 15) is 9.59 Å². The third kappa shape index (κ3) is 2.06. The summed E-state index contributed by atoms with van der Waals surface area (Å²) in [4.78, 5) is 25.6. The minimum atomic E-state index is -0.217. The number of nitrogens with zero attached hydrogens (tertiary/aromatic N) is 1. The van der Waals surface area contributed by atoms with Crippen LogP contribution in [0, 0.1) is 11.8 Å². The van der Waals surface area contributed by atoms with Gasteiger partial charge < -0.3 is 4.74 Å². The highest BCUT2D eigenvalue weighted by molar-refractivity contribution is 6.06. The first-order valence-corrected chi connectivity index (χ1v) is 7.18. The van der Waals surface area contributed by atoms with Gasteiger partial charge in [-0.25, -0.2) is 0 Å². The Bertz CT molecular complexity index is 647. The third-order valence-corrected chi connectivity index (χ3v) is 4.68. The van der Waals surface area contributed by atoms with Crippen LogP contribution >= 0.6 is 0 Å². The maximum Gasteiger partial charge on any atom is 0.233 e. The minimum absolute atomic E-state index is 0.0385. The van der Waals surface area contributed by atoms with Crippen LogP contribution in [0.4, 0.5) is 0 Å². The highest BCUT2D eigenvalue weighted by Gasteiger charge is 2.48. The number of methoxy groups -OCH3 is 1. The van der Waals surface area contributed by atoms with E-state index >= 15 is 0 Å². The summed E-state index contributed by atoms with van der Waals surface area (Å²) in [6.07, 6.45) is 1.28. The number of carbonyl (C=O) groups is 2. The fraction of sp³-hybridized carbons (Fsp3) is 0.412. The molecule has 1 aliphatic carbocycles. The number of para-hydroxylation sites is 1. The SMILES string of the molecule is COc1ccccc1C1=C(C)C[C@@H]2C(=O)N(C)C(=O)[C@@H]2C1. The Morgan fingerprint density at radius 3 is 2.38 bits per heavy atom. The van der Waals surface area contributed by atoms with Crippen molar-refractivity contribution in [1.29, 1.82) is 0 Å². The lowest BCUT2D eigenvalue weighted by atomic mass is 9.75. The van der Waals surface area contributed by atoms with Crippen LogP contribution in [0.2, 0.25) is 0 Å². The van der Waals surface area contributed by atoms with Gasteiger partial charge in [-0.05, 0) is 31.4 Å². The largest absolute Gasteiger partial charge is 0.496 e. The molecule has 110 valence electrons. The summed E-state index contributed by atoms with van der Waals surface area (Å²) in [5.41, 5.74) is 3.35. The highest BCUT2D eigenvalue weighted by Crippen LogP contribution is 2.45. The van der Waals surface area contributed by atoms with Crippen LogP contribution in [0.3, 0.4) is 0 Å². The first-order chi connectivity index (χ1) is 10.0. The van der Waals surface area contributed by atoms with E-state index in [1.165, 1.54) is 10.5 Å². The zero-order valence-corrected chi connectivity index (χ0v) is 12.6. The van der Waals surface area contributed by atoms with Crippen molar-refractivity contribution in [2.75, 3.05) is 14.2 Å². The highest BCUT2D eigenvalue weighted by atomic mass is 16.5. The molecule has 2 aliphatic rings. The fourth-order valence-electron chi connectivity index (χ4n) is 3.49. The quantitative estimate of drug-likeness (QED) is 0.784. The second-order valence-corrected chi connectivity index (χ2v) is 5.82. The molecule has 1 aromatic carbocycles. The van der Waals surface area contributed by atoms with Gasteiger partial charge in [-0.3, -0.25) is 14.5 Å². The lowest BCUT2D eigenvalue weighted by Gasteiger charge is -2.26. The van der Waals surface area contributed by atoms with Crippen LogP contribution in [-0.2, 0) is 9.59 Å². The molecule has 1 fully saturated rings. The summed E-state index contributed by atoms with van der Waals surface area (Å²) in [6.45, 7) is 2.05. The molecule has 2 atom stereocenters. The monoisotopic (exact) mass is 285 g/mol. The zero-order valence-electron chi connectivity index (χ0n) is 12.6. The van der Waals surface area contributed by atoms with Crippen molar-refractivity contribution in [3.8, 4) is 5.75 Å². The Hall–Kier alpha value is -2.10. The number of benzene rings is 1. The van der Waals surface area contributed by atoms with Crippen LogP contribution in [0.1, 0.15) is 25.3 Å². The first kappa shape index (κ1) is 13.9. The van der Waals surface area contributed by atoms with E-state index in [2.05, 4.69) is 0 Å². The summed E-state index contributed by atoms with van der Waals surface area (Å²) in [5.74, 6) is 0.329. The lowest BCUT2D eigenvalue weighted by Crippen LogP contribution is -2.26. The number of hydrogen-bond donors (Lipinski definition) is 0. The molecule has 0 N–H and O–H groups in total. The van der Waals surface area contributed by atoms with E-state index in [0.717, 1.165) is 16.9 Å². The molecule has 0 unspecified atom stereocenters. The number of allylic oxidation sites excluding steroid dienone is 2. The van der Waals surface area contributed by atoms with Gasteiger partial charge in [0.25, 0.3) is 0 Å². The van der Waals surface area contributed by atoms with Crippen LogP contribution in [0.25, 0.3) is 5.57 Å². The van der Waals surface area contributed by atoms with Crippen LogP contribution in [0.15, 0.2) is 29.8 Å². The number of ether oxygens (including phenoxy) is 1. The predicted molar refractivity (Wildman–Crippen MR) is 79.6 cm³/mol. The van der Waals surface area contributed by atoms with Crippen LogP contribution < -0.4 is 4.74 Å². The molecule has 2 amide bonds. The van der Waals surface area contributed by atoms with Crippen LogP contribution in [0.5, 0.6) is 5.75 Å². The van der Waals surface area contributed by atoms with Gasteiger partial charge in [0, 0.05) is 12.6 Å². The molecule has 0 aromatic heterocycles. The molecule has 4 heteroatoms. The summed E-state index contributed by atoms with van der Waals surface area (Å²) >= 11 is 0. The Kier molecular flexibility index (Phi) is 3.32. The smallest absolute Gasteiger partial charge is 0.233 e. The van der Waals surface area contributed by atoms with Gasteiger partial charge in [0.15, 0.2) is 0 Å². The maximum atomic E-state index is 12.2. The molecule has 1 heterocycles. The number of fused-ring (bicyclic) bond motifs is 1. The number of amides is 2. The van der Waals surface area contributed by atoms with E-state index < -0.39 is 0 Å². The van der Waals surface area contributed by atoms with E-state index in [4.69, 9.17) is 4.74 Å². The molecule has 0 radical (unpaired) electrons. The Balaban J connectivity index is 2.02. The van der Waals surface area contributed by atoms with Gasteiger partial charge in [0.2, 0.25) is 11.8 Å². The van der Waals surface area contributed by atoms with Crippen molar-refractivity contribution in [1.82, 2.24) is 4.90 Å². The molecule has 0 bridgehead atoms. The average molecular weight is 285 g/mol. The Morgan fingerprint density at radius 2 is 1.71 bits per heavy atom. The van der Waals surface area contributed by atoms with Crippen molar-refractivity contribution in [3.63, 3.8) is 0 Å². The predicted octanol–water partition coefficient (Wildman–Crippen LogP) is 2.49. The molecular formula is C17H19NO3. The summed E-state index contributed by atoms with van der Waals surface area (Å²) in [6, 6.07) is 7.85. The second-order valence-electron chi connectivity index (χ2n) is 5.82. The average Bonchev–Trinajstić information content (AvgIpc) is 2.71. The minimum Gasteiger partial charge on any atom is -0.496 e. The number of hydrogen-bond acceptors (Lipinski definition) is 3. The van der Waals surface area contributed by atoms with Crippen molar-refractivity contribution in [2.45, 2.75) is 19.8 Å². The molecule has 0 spiro atoms. The van der Waals surface area contributed by atoms with E-state index in [1.54, 1.807) is 14.2 Å². The van der Waals surface area contributed by atoms with Crippen molar-refractivity contribution >= 4 is 17.4 Å². The van der Waals surface area contributed by atoms with E-state index in [1.807, 2.05) is 31.2 Å². The van der Waals surface area contributed by atoms with Gasteiger partial charge in [0.05, 0.1) is 18.9 Å². The number of imide groups is 1. The summed E-state index contributed by atoms with van der Waals surface area (Å²) in [7, 11) is 3.24. The normalized spacial score (nSPS) is 25.4. The number of carbonyl (C=O) groups excluding carboxylic acids is 2. The van der Waals surface area contributed by atoms with Crippen molar-refractivity contribution in [2.24, 2.45) is 11.8 Å². The van der Waals surface area contributed by atoms with E-state index in [0.29, 0.717) is 12.8 Å². The van der Waals surface area contributed by atoms with Gasteiger partial charge in [-0.1, -0.05) is 23.8 Å². The van der Waals surface area contributed by atoms with Crippen molar-refractivity contribution in [3.05, 3.63) is 35.4 Å². The molecule has 1 aromatic rings. The number of rotatable bonds is 2. The molecule has 4 nitrogen and oxygen atoms in total. The van der Waals surface area contributed by atoms with Gasteiger partial charge in [0.1, 0.15) is 5.75 Å². The van der Waals surface area contributed by atoms with Crippen molar-refractivity contribution < 1.29 is 14.3 Å². The van der Waals surface area contributed by atoms with Gasteiger partial charge in [-0.2, -0.15) is 0 Å². The zero-order chi connectivity index (χ0) is 15.1. The Labute approximate surface area is 124 Å². The molecular weight excluding hydrogens is 266 g/mol. The molecule has 21 heavy (non-hydrogen) atoms. The van der Waals surface area contributed by atoms with Gasteiger partial charge >= 0.3 is 0 Å². The molecule has 3 rings (SSSR count). The van der Waals surface area contributed by atoms with Gasteiger partial charge in [-0.15, -0.1) is 0 Å². The second kappa shape index (κ2) is 5.02. The van der Waals surface area contributed by atoms with E-state index in [-0.39, 0.29) is 23.7 Å². The first-order valence-electron chi connectivity index (χ1n) is 7.18.